The highest BCUT2D eigenvalue weighted by Gasteiger charge is 2.47. The number of benzene rings is 2. The summed E-state index contributed by atoms with van der Waals surface area (Å²) in [7, 11) is 1.68. The third-order valence-corrected chi connectivity index (χ3v) is 5.92. The van der Waals surface area contributed by atoms with Crippen LogP contribution in [0.3, 0.4) is 0 Å². The Bertz CT molecular complexity index is 1030. The molecule has 2 aliphatic rings. The van der Waals surface area contributed by atoms with Crippen molar-refractivity contribution in [1.29, 1.82) is 0 Å². The molecule has 2 aromatic carbocycles. The molecule has 32 heavy (non-hydrogen) atoms. The molecule has 7 nitrogen and oxygen atoms in total. The van der Waals surface area contributed by atoms with Gasteiger partial charge in [-0.25, -0.2) is 0 Å². The van der Waals surface area contributed by atoms with Gasteiger partial charge >= 0.3 is 0 Å². The summed E-state index contributed by atoms with van der Waals surface area (Å²) >= 11 is 0. The van der Waals surface area contributed by atoms with Gasteiger partial charge in [-0.15, -0.1) is 0 Å². The van der Waals surface area contributed by atoms with Gasteiger partial charge in [0.25, 0.3) is 5.91 Å². The first kappa shape index (κ1) is 21.9. The Morgan fingerprint density at radius 1 is 1.12 bits per heavy atom. The number of aryl methyl sites for hydroxylation is 2. The van der Waals surface area contributed by atoms with E-state index in [0.29, 0.717) is 24.3 Å². The molecule has 0 radical (unpaired) electrons. The molecule has 1 heterocycles. The highest BCUT2D eigenvalue weighted by Crippen LogP contribution is 2.41. The number of hydrogen-bond acceptors (Lipinski definition) is 4. The molecule has 0 saturated heterocycles. The minimum absolute atomic E-state index is 0.102. The van der Waals surface area contributed by atoms with Crippen molar-refractivity contribution < 1.29 is 19.1 Å². The predicted molar refractivity (Wildman–Crippen MR) is 120 cm³/mol. The molecule has 1 N–H and O–H groups in total. The molecule has 1 aliphatic carbocycles. The van der Waals surface area contributed by atoms with Crippen molar-refractivity contribution in [3.63, 3.8) is 0 Å². The Labute approximate surface area is 188 Å². The van der Waals surface area contributed by atoms with E-state index in [2.05, 4.69) is 11.4 Å². The van der Waals surface area contributed by atoms with Crippen molar-refractivity contribution in [2.24, 2.45) is 0 Å². The van der Waals surface area contributed by atoms with Crippen molar-refractivity contribution in [2.75, 3.05) is 26.7 Å². The fourth-order valence-corrected chi connectivity index (χ4v) is 4.17. The highest BCUT2D eigenvalue weighted by molar-refractivity contribution is 6.05. The van der Waals surface area contributed by atoms with Crippen LogP contribution in [0.2, 0.25) is 0 Å². The number of nitrogens with zero attached hydrogens (tertiary/aromatic N) is 2. The van der Waals surface area contributed by atoms with E-state index in [0.717, 1.165) is 29.7 Å². The molecule has 1 saturated carbocycles. The maximum Gasteiger partial charge on any atom is 0.255 e. The van der Waals surface area contributed by atoms with Crippen LogP contribution >= 0.6 is 0 Å². The molecule has 1 fully saturated rings. The van der Waals surface area contributed by atoms with Crippen LogP contribution in [0.4, 0.5) is 0 Å². The van der Waals surface area contributed by atoms with Gasteiger partial charge in [0.15, 0.2) is 0 Å². The second-order valence-electron chi connectivity index (χ2n) is 8.64. The van der Waals surface area contributed by atoms with Gasteiger partial charge in [0, 0.05) is 18.7 Å². The van der Waals surface area contributed by atoms with E-state index >= 15 is 0 Å². The number of ether oxygens (including phenoxy) is 1. The van der Waals surface area contributed by atoms with Crippen LogP contribution in [0.5, 0.6) is 5.75 Å². The number of fused-ring (bicyclic) bond motifs is 1. The van der Waals surface area contributed by atoms with E-state index in [1.54, 1.807) is 24.1 Å². The first-order chi connectivity index (χ1) is 15.3. The molecule has 1 unspecified atom stereocenters. The Balaban J connectivity index is 1.30. The van der Waals surface area contributed by atoms with Crippen LogP contribution in [-0.4, -0.2) is 60.3 Å². The Hall–Kier alpha value is -3.35. The minimum atomic E-state index is -0.669. The lowest BCUT2D eigenvalue weighted by atomic mass is 10.0. The first-order valence-electron chi connectivity index (χ1n) is 11.0. The average molecular weight is 436 g/mol. The summed E-state index contributed by atoms with van der Waals surface area (Å²) in [5.74, 6) is 0.151. The molecule has 3 amide bonds. The summed E-state index contributed by atoms with van der Waals surface area (Å²) in [4.78, 5) is 41.5. The molecule has 0 bridgehead atoms. The van der Waals surface area contributed by atoms with Crippen molar-refractivity contribution in [3.05, 3.63) is 64.7 Å². The van der Waals surface area contributed by atoms with Gasteiger partial charge in [0.05, 0.1) is 13.1 Å². The maximum absolute atomic E-state index is 13.0. The van der Waals surface area contributed by atoms with Gasteiger partial charge in [-0.1, -0.05) is 24.3 Å². The Kier molecular flexibility index (Phi) is 6.17. The number of amides is 3. The summed E-state index contributed by atoms with van der Waals surface area (Å²) in [5, 5.41) is 2.74. The van der Waals surface area contributed by atoms with Crippen molar-refractivity contribution in [3.8, 4) is 5.75 Å². The van der Waals surface area contributed by atoms with E-state index < -0.39 is 6.04 Å². The van der Waals surface area contributed by atoms with E-state index in [9.17, 15) is 14.4 Å². The summed E-state index contributed by atoms with van der Waals surface area (Å²) in [6.45, 7) is 4.67. The van der Waals surface area contributed by atoms with Crippen molar-refractivity contribution in [1.82, 2.24) is 15.1 Å². The van der Waals surface area contributed by atoms with E-state index in [4.69, 9.17) is 4.74 Å². The molecule has 0 aromatic heterocycles. The summed E-state index contributed by atoms with van der Waals surface area (Å²) in [6, 6.07) is 12.6. The molecule has 1 aliphatic heterocycles. The van der Waals surface area contributed by atoms with Crippen LogP contribution in [0, 0.1) is 13.8 Å². The predicted octanol–water partition coefficient (Wildman–Crippen LogP) is 2.62. The van der Waals surface area contributed by atoms with Gasteiger partial charge in [0.2, 0.25) is 11.8 Å². The van der Waals surface area contributed by atoms with E-state index in [-0.39, 0.29) is 30.3 Å². The summed E-state index contributed by atoms with van der Waals surface area (Å²) in [6.07, 6.45) is 1.82. The van der Waals surface area contributed by atoms with Crippen LogP contribution in [0.15, 0.2) is 42.5 Å². The lowest BCUT2D eigenvalue weighted by molar-refractivity contribution is -0.133. The molecule has 4 rings (SSSR count). The van der Waals surface area contributed by atoms with Crippen molar-refractivity contribution in [2.45, 2.75) is 38.8 Å². The summed E-state index contributed by atoms with van der Waals surface area (Å²) in [5.41, 5.74) is 3.54. The minimum Gasteiger partial charge on any atom is -0.492 e. The molecule has 168 valence electrons. The number of rotatable bonds is 8. The number of carbonyl (C=O) groups is 3. The van der Waals surface area contributed by atoms with Gasteiger partial charge < -0.3 is 19.9 Å². The highest BCUT2D eigenvalue weighted by atomic mass is 16.5. The number of nitrogens with one attached hydrogen (secondary N) is 1. The molecular weight excluding hydrogens is 406 g/mol. The van der Waals surface area contributed by atoms with Crippen LogP contribution in [-0.2, 0) is 9.59 Å². The molecule has 1 atom stereocenters. The second kappa shape index (κ2) is 9.02. The standard InChI is InChI=1S/C25H29N3O4/c1-16-12-17(2)14-19(13-16)32-11-10-27(3)22(29)15-26-24(30)23-20-6-4-5-7-21(20)25(31)28(23)18-8-9-18/h4-7,12-14,18,23H,8-11,15H2,1-3H3,(H,26,30). The van der Waals surface area contributed by atoms with Gasteiger partial charge in [-0.2, -0.15) is 0 Å². The number of carbonyl (C=O) groups excluding carboxylic acids is 3. The first-order valence-corrected chi connectivity index (χ1v) is 11.0. The topological polar surface area (TPSA) is 79.0 Å². The number of likely N-dealkylation sites (N-methyl/N-ethyl adjacent to an activating group) is 1. The van der Waals surface area contributed by atoms with E-state index in [1.807, 2.05) is 38.1 Å². The Morgan fingerprint density at radius 2 is 1.81 bits per heavy atom. The lowest BCUT2D eigenvalue weighted by Gasteiger charge is -2.25. The zero-order valence-electron chi connectivity index (χ0n) is 18.8. The van der Waals surface area contributed by atoms with Gasteiger partial charge in [-0.05, 0) is 61.6 Å². The van der Waals surface area contributed by atoms with Crippen LogP contribution in [0.25, 0.3) is 0 Å². The third-order valence-electron chi connectivity index (χ3n) is 5.92. The van der Waals surface area contributed by atoms with E-state index in [1.165, 1.54) is 4.90 Å². The molecule has 0 spiro atoms. The number of hydrogen-bond donors (Lipinski definition) is 1. The smallest absolute Gasteiger partial charge is 0.255 e. The fourth-order valence-electron chi connectivity index (χ4n) is 4.17. The fraction of sp³-hybridized carbons (Fsp3) is 0.400. The monoisotopic (exact) mass is 435 g/mol. The van der Waals surface area contributed by atoms with Crippen molar-refractivity contribution >= 4 is 17.7 Å². The zero-order valence-corrected chi connectivity index (χ0v) is 18.8. The molecule has 7 heteroatoms. The lowest BCUT2D eigenvalue weighted by Crippen LogP contribution is -2.44. The van der Waals surface area contributed by atoms with Gasteiger partial charge in [0.1, 0.15) is 18.4 Å². The normalized spacial score (nSPS) is 17.2. The maximum atomic E-state index is 13.0. The summed E-state index contributed by atoms with van der Waals surface area (Å²) < 4.78 is 5.77. The zero-order chi connectivity index (χ0) is 22.8. The largest absolute Gasteiger partial charge is 0.492 e. The quantitative estimate of drug-likeness (QED) is 0.691. The Morgan fingerprint density at radius 3 is 2.50 bits per heavy atom. The van der Waals surface area contributed by atoms with Crippen LogP contribution < -0.4 is 10.1 Å². The average Bonchev–Trinajstić information content (AvgIpc) is 3.55. The molecule has 2 aromatic rings. The second-order valence-corrected chi connectivity index (χ2v) is 8.64. The van der Waals surface area contributed by atoms with Gasteiger partial charge in [-0.3, -0.25) is 14.4 Å². The third kappa shape index (κ3) is 4.61. The van der Waals surface area contributed by atoms with Crippen LogP contribution in [0.1, 0.15) is 45.9 Å². The molecular formula is C25H29N3O4. The SMILES string of the molecule is Cc1cc(C)cc(OCCN(C)C(=O)CNC(=O)C2c3ccccc3C(=O)N2C2CC2)c1.